The highest BCUT2D eigenvalue weighted by Crippen LogP contribution is 2.35. The van der Waals surface area contributed by atoms with Gasteiger partial charge in [0.15, 0.2) is 0 Å². The lowest BCUT2D eigenvalue weighted by Crippen LogP contribution is -2.50. The lowest BCUT2D eigenvalue weighted by molar-refractivity contribution is -0.142. The van der Waals surface area contributed by atoms with E-state index in [2.05, 4.69) is 0 Å². The highest BCUT2D eigenvalue weighted by Gasteiger charge is 2.38. The van der Waals surface area contributed by atoms with Crippen molar-refractivity contribution in [3.63, 3.8) is 0 Å². The van der Waals surface area contributed by atoms with Gasteiger partial charge in [-0.25, -0.2) is 0 Å². The van der Waals surface area contributed by atoms with Gasteiger partial charge in [-0.05, 0) is 32.1 Å². The van der Waals surface area contributed by atoms with Crippen LogP contribution in [0.25, 0.3) is 0 Å². The summed E-state index contributed by atoms with van der Waals surface area (Å²) in [6.07, 6.45) is 6.00. The molecule has 5 nitrogen and oxygen atoms in total. The standard InChI is InChI=1S/C15H27NO4/c1-19-9-10-20-11-15(18)16-8-3-2-6-13(16)12-5-4-7-14(12)17/h12-14,17H,2-11H2,1H3. The first-order valence-corrected chi connectivity index (χ1v) is 7.78. The summed E-state index contributed by atoms with van der Waals surface area (Å²) >= 11 is 0. The van der Waals surface area contributed by atoms with Crippen molar-refractivity contribution in [2.75, 3.05) is 33.5 Å². The van der Waals surface area contributed by atoms with Crippen LogP contribution in [0.2, 0.25) is 0 Å². The van der Waals surface area contributed by atoms with E-state index in [-0.39, 0.29) is 30.6 Å². The number of hydrogen-bond donors (Lipinski definition) is 1. The molecule has 0 spiro atoms. The topological polar surface area (TPSA) is 59.0 Å². The fourth-order valence-electron chi connectivity index (χ4n) is 3.51. The molecule has 1 saturated heterocycles. The van der Waals surface area contributed by atoms with E-state index in [0.717, 1.165) is 45.1 Å². The van der Waals surface area contributed by atoms with Crippen molar-refractivity contribution in [2.24, 2.45) is 5.92 Å². The third-order valence-electron chi connectivity index (χ3n) is 4.55. The Balaban J connectivity index is 1.87. The first-order chi connectivity index (χ1) is 9.74. The quantitative estimate of drug-likeness (QED) is 0.745. The van der Waals surface area contributed by atoms with Gasteiger partial charge in [0.05, 0.1) is 19.3 Å². The van der Waals surface area contributed by atoms with Crippen LogP contribution in [0.15, 0.2) is 0 Å². The monoisotopic (exact) mass is 285 g/mol. The number of ether oxygens (including phenoxy) is 2. The summed E-state index contributed by atoms with van der Waals surface area (Å²) in [5, 5.41) is 10.1. The number of methoxy groups -OCH3 is 1. The summed E-state index contributed by atoms with van der Waals surface area (Å²) in [4.78, 5) is 14.3. The van der Waals surface area contributed by atoms with Crippen molar-refractivity contribution in [1.29, 1.82) is 0 Å². The number of carbonyl (C=O) groups excluding carboxylic acids is 1. The van der Waals surface area contributed by atoms with E-state index < -0.39 is 0 Å². The predicted octanol–water partition coefficient (Wildman–Crippen LogP) is 1.19. The Bertz CT molecular complexity index is 310. The summed E-state index contributed by atoms with van der Waals surface area (Å²) in [5.74, 6) is 0.322. The number of amides is 1. The Kier molecular flexibility index (Phi) is 6.26. The van der Waals surface area contributed by atoms with Gasteiger partial charge in [-0.1, -0.05) is 6.42 Å². The molecule has 0 aromatic carbocycles. The van der Waals surface area contributed by atoms with Gasteiger partial charge in [0.2, 0.25) is 5.91 Å². The zero-order chi connectivity index (χ0) is 14.4. The van der Waals surface area contributed by atoms with Gasteiger partial charge in [-0.2, -0.15) is 0 Å². The van der Waals surface area contributed by atoms with Crippen LogP contribution in [-0.4, -0.2) is 61.5 Å². The van der Waals surface area contributed by atoms with Gasteiger partial charge in [-0.15, -0.1) is 0 Å². The molecule has 2 fully saturated rings. The van der Waals surface area contributed by atoms with Crippen molar-refractivity contribution >= 4 is 5.91 Å². The Labute approximate surface area is 121 Å². The average Bonchev–Trinajstić information content (AvgIpc) is 2.89. The van der Waals surface area contributed by atoms with E-state index in [9.17, 15) is 9.90 Å². The van der Waals surface area contributed by atoms with Crippen molar-refractivity contribution in [2.45, 2.75) is 50.7 Å². The summed E-state index contributed by atoms with van der Waals surface area (Å²) in [7, 11) is 1.62. The van der Waals surface area contributed by atoms with E-state index in [0.29, 0.717) is 13.2 Å². The summed E-state index contributed by atoms with van der Waals surface area (Å²) in [6, 6.07) is 0.208. The predicted molar refractivity (Wildman–Crippen MR) is 75.4 cm³/mol. The molecule has 116 valence electrons. The van der Waals surface area contributed by atoms with Crippen LogP contribution < -0.4 is 0 Å². The molecule has 5 heteroatoms. The molecule has 1 amide bonds. The molecule has 1 saturated carbocycles. The maximum atomic E-state index is 12.3. The average molecular weight is 285 g/mol. The largest absolute Gasteiger partial charge is 0.393 e. The molecule has 3 atom stereocenters. The number of nitrogens with zero attached hydrogens (tertiary/aromatic N) is 1. The lowest BCUT2D eigenvalue weighted by Gasteiger charge is -2.40. The summed E-state index contributed by atoms with van der Waals surface area (Å²) in [5.41, 5.74) is 0. The molecule has 2 aliphatic rings. The lowest BCUT2D eigenvalue weighted by atomic mass is 9.87. The van der Waals surface area contributed by atoms with Crippen molar-refractivity contribution in [3.05, 3.63) is 0 Å². The van der Waals surface area contributed by atoms with Gasteiger partial charge in [-0.3, -0.25) is 4.79 Å². The zero-order valence-electron chi connectivity index (χ0n) is 12.4. The number of likely N-dealkylation sites (tertiary alicyclic amines) is 1. The minimum absolute atomic E-state index is 0.0601. The van der Waals surface area contributed by atoms with Crippen LogP contribution in [0, 0.1) is 5.92 Å². The second-order valence-electron chi connectivity index (χ2n) is 5.86. The second kappa shape index (κ2) is 7.96. The molecule has 1 N–H and O–H groups in total. The number of aliphatic hydroxyl groups is 1. The maximum Gasteiger partial charge on any atom is 0.248 e. The van der Waals surface area contributed by atoms with E-state index >= 15 is 0 Å². The van der Waals surface area contributed by atoms with E-state index in [1.165, 1.54) is 0 Å². The Morgan fingerprint density at radius 3 is 2.75 bits per heavy atom. The van der Waals surface area contributed by atoms with Gasteiger partial charge in [0.1, 0.15) is 6.61 Å². The van der Waals surface area contributed by atoms with E-state index in [4.69, 9.17) is 9.47 Å². The molecule has 2 rings (SSSR count). The molecule has 0 aromatic heterocycles. The third kappa shape index (κ3) is 3.93. The van der Waals surface area contributed by atoms with Crippen molar-refractivity contribution in [1.82, 2.24) is 4.90 Å². The van der Waals surface area contributed by atoms with Crippen LogP contribution in [0.4, 0.5) is 0 Å². The molecule has 0 bridgehead atoms. The maximum absolute atomic E-state index is 12.3. The summed E-state index contributed by atoms with van der Waals surface area (Å²) in [6.45, 7) is 1.90. The molecule has 1 aliphatic carbocycles. The molecule has 0 aromatic rings. The normalized spacial score (nSPS) is 30.7. The number of hydrogen-bond acceptors (Lipinski definition) is 4. The van der Waals surface area contributed by atoms with Gasteiger partial charge < -0.3 is 19.5 Å². The zero-order valence-corrected chi connectivity index (χ0v) is 12.4. The number of rotatable bonds is 6. The number of carbonyl (C=O) groups is 1. The molecular weight excluding hydrogens is 258 g/mol. The first-order valence-electron chi connectivity index (χ1n) is 7.78. The Morgan fingerprint density at radius 2 is 2.05 bits per heavy atom. The fraction of sp³-hybridized carbons (Fsp3) is 0.933. The Hall–Kier alpha value is -0.650. The molecule has 1 heterocycles. The molecular formula is C15H27NO4. The minimum Gasteiger partial charge on any atom is -0.393 e. The van der Waals surface area contributed by atoms with Crippen LogP contribution in [-0.2, 0) is 14.3 Å². The number of piperidine rings is 1. The van der Waals surface area contributed by atoms with E-state index in [1.807, 2.05) is 4.90 Å². The number of aliphatic hydroxyl groups excluding tert-OH is 1. The van der Waals surface area contributed by atoms with Crippen molar-refractivity contribution in [3.8, 4) is 0 Å². The second-order valence-corrected chi connectivity index (χ2v) is 5.86. The van der Waals surface area contributed by atoms with Crippen molar-refractivity contribution < 1.29 is 19.4 Å². The van der Waals surface area contributed by atoms with Crippen LogP contribution in [0.3, 0.4) is 0 Å². The Morgan fingerprint density at radius 1 is 1.20 bits per heavy atom. The molecule has 1 aliphatic heterocycles. The first kappa shape index (κ1) is 15.7. The SMILES string of the molecule is COCCOCC(=O)N1CCCCC1C1CCCC1O. The van der Waals surface area contributed by atoms with Gasteiger partial charge in [0.25, 0.3) is 0 Å². The van der Waals surface area contributed by atoms with Crippen LogP contribution >= 0.6 is 0 Å². The molecule has 20 heavy (non-hydrogen) atoms. The van der Waals surface area contributed by atoms with E-state index in [1.54, 1.807) is 7.11 Å². The van der Waals surface area contributed by atoms with Crippen LogP contribution in [0.5, 0.6) is 0 Å². The fourth-order valence-corrected chi connectivity index (χ4v) is 3.51. The molecule has 3 unspecified atom stereocenters. The minimum atomic E-state index is -0.234. The third-order valence-corrected chi connectivity index (χ3v) is 4.55. The van der Waals surface area contributed by atoms with Gasteiger partial charge >= 0.3 is 0 Å². The van der Waals surface area contributed by atoms with Gasteiger partial charge in [0, 0.05) is 25.6 Å². The highest BCUT2D eigenvalue weighted by molar-refractivity contribution is 5.78. The highest BCUT2D eigenvalue weighted by atomic mass is 16.5. The van der Waals surface area contributed by atoms with Crippen LogP contribution in [0.1, 0.15) is 38.5 Å². The summed E-state index contributed by atoms with van der Waals surface area (Å²) < 4.78 is 10.3. The molecule has 0 radical (unpaired) electrons. The smallest absolute Gasteiger partial charge is 0.248 e.